The number of hydrogen-bond donors (Lipinski definition) is 1. The van der Waals surface area contributed by atoms with Crippen molar-refractivity contribution in [3.05, 3.63) is 0 Å². The van der Waals surface area contributed by atoms with Crippen molar-refractivity contribution in [2.75, 3.05) is 32.6 Å². The fourth-order valence-corrected chi connectivity index (χ4v) is 4.53. The van der Waals surface area contributed by atoms with Crippen molar-refractivity contribution >= 4 is 23.8 Å². The summed E-state index contributed by atoms with van der Waals surface area (Å²) >= 11 is 1.58. The molecule has 2 amide bonds. The molecule has 0 aromatic heterocycles. The number of thioether (sulfide) groups is 1. The van der Waals surface area contributed by atoms with Crippen molar-refractivity contribution in [2.24, 2.45) is 5.92 Å². The monoisotopic (exact) mass is 316 g/mol. The van der Waals surface area contributed by atoms with Gasteiger partial charge >= 0.3 is 12.0 Å². The number of rotatable bonds is 5. The summed E-state index contributed by atoms with van der Waals surface area (Å²) in [5.41, 5.74) is 0. The Bertz CT molecular complexity index is 393. The minimum atomic E-state index is -0.901. The molecule has 2 aliphatic heterocycles. The molecule has 1 N–H and O–H groups in total. The average Bonchev–Trinajstić information content (AvgIpc) is 3.06. The Balaban J connectivity index is 2.05. The number of carbonyl (C=O) groups excluding carboxylic acids is 1. The van der Waals surface area contributed by atoms with Crippen LogP contribution < -0.4 is 0 Å². The second kappa shape index (κ2) is 7.35. The van der Waals surface area contributed by atoms with Crippen LogP contribution in [0.25, 0.3) is 0 Å². The van der Waals surface area contributed by atoms with Crippen LogP contribution in [0.2, 0.25) is 0 Å². The second-order valence-corrected chi connectivity index (χ2v) is 6.89. The van der Waals surface area contributed by atoms with Crippen molar-refractivity contribution in [1.29, 1.82) is 0 Å². The lowest BCUT2D eigenvalue weighted by atomic mass is 10.1. The van der Waals surface area contributed by atoms with Crippen LogP contribution in [0.4, 0.5) is 4.79 Å². The number of carbonyl (C=O) groups is 2. The van der Waals surface area contributed by atoms with E-state index in [9.17, 15) is 14.7 Å². The highest BCUT2D eigenvalue weighted by molar-refractivity contribution is 8.00. The van der Waals surface area contributed by atoms with Crippen molar-refractivity contribution in [2.45, 2.75) is 37.6 Å². The third-order valence-electron chi connectivity index (χ3n) is 4.09. The van der Waals surface area contributed by atoms with E-state index in [-0.39, 0.29) is 11.4 Å². The van der Waals surface area contributed by atoms with Crippen LogP contribution in [-0.2, 0) is 9.53 Å². The summed E-state index contributed by atoms with van der Waals surface area (Å²) in [6, 6.07) is -0.815. The van der Waals surface area contributed by atoms with Gasteiger partial charge in [0.1, 0.15) is 6.04 Å². The molecule has 0 aromatic rings. The SMILES string of the molecule is CCCC1SCC(C(=O)O)N1C(=O)N1CCC(COC)C1. The number of hydrogen-bond acceptors (Lipinski definition) is 4. The minimum absolute atomic E-state index is 0.00919. The van der Waals surface area contributed by atoms with Crippen LogP contribution in [0.5, 0.6) is 0 Å². The predicted octanol–water partition coefficient (Wildman–Crippen LogP) is 1.70. The van der Waals surface area contributed by atoms with Gasteiger partial charge in [-0.15, -0.1) is 11.8 Å². The van der Waals surface area contributed by atoms with Gasteiger partial charge in [-0.25, -0.2) is 9.59 Å². The van der Waals surface area contributed by atoms with Gasteiger partial charge < -0.3 is 14.7 Å². The molecule has 0 aromatic carbocycles. The molecule has 0 bridgehead atoms. The number of carboxylic acids is 1. The average molecular weight is 316 g/mol. The first-order chi connectivity index (χ1) is 10.1. The highest BCUT2D eigenvalue weighted by atomic mass is 32.2. The molecule has 2 fully saturated rings. The number of aliphatic carboxylic acids is 1. The van der Waals surface area contributed by atoms with Crippen LogP contribution in [0.15, 0.2) is 0 Å². The molecule has 120 valence electrons. The van der Waals surface area contributed by atoms with Gasteiger partial charge in [-0.2, -0.15) is 0 Å². The van der Waals surface area contributed by atoms with Gasteiger partial charge in [-0.1, -0.05) is 13.3 Å². The van der Waals surface area contributed by atoms with Crippen molar-refractivity contribution < 1.29 is 19.4 Å². The van der Waals surface area contributed by atoms with Crippen LogP contribution in [0.1, 0.15) is 26.2 Å². The third kappa shape index (κ3) is 3.63. The quantitative estimate of drug-likeness (QED) is 0.836. The van der Waals surface area contributed by atoms with Gasteiger partial charge in [-0.05, 0) is 12.8 Å². The molecule has 0 saturated carbocycles. The van der Waals surface area contributed by atoms with E-state index in [0.29, 0.717) is 31.4 Å². The van der Waals surface area contributed by atoms with Gasteiger partial charge in [0, 0.05) is 31.9 Å². The van der Waals surface area contributed by atoms with Gasteiger partial charge in [0.05, 0.1) is 12.0 Å². The van der Waals surface area contributed by atoms with E-state index >= 15 is 0 Å². The van der Waals surface area contributed by atoms with Gasteiger partial charge in [0.2, 0.25) is 0 Å². The molecule has 7 heteroatoms. The fraction of sp³-hybridized carbons (Fsp3) is 0.857. The zero-order chi connectivity index (χ0) is 15.4. The largest absolute Gasteiger partial charge is 0.480 e. The van der Waals surface area contributed by atoms with E-state index < -0.39 is 12.0 Å². The summed E-state index contributed by atoms with van der Waals surface area (Å²) in [6.07, 6.45) is 2.71. The van der Waals surface area contributed by atoms with Crippen LogP contribution in [-0.4, -0.2) is 70.9 Å². The Labute approximate surface area is 129 Å². The van der Waals surface area contributed by atoms with Gasteiger partial charge in [-0.3, -0.25) is 4.90 Å². The lowest BCUT2D eigenvalue weighted by Gasteiger charge is -2.31. The lowest BCUT2D eigenvalue weighted by Crippen LogP contribution is -2.51. The maximum atomic E-state index is 12.7. The number of carboxylic acid groups (broad SMARTS) is 1. The molecular weight excluding hydrogens is 292 g/mol. The fourth-order valence-electron chi connectivity index (χ4n) is 3.02. The van der Waals surface area contributed by atoms with Crippen LogP contribution in [0.3, 0.4) is 0 Å². The standard InChI is InChI=1S/C14H24N2O4S/c1-3-4-12-16(11(9-21-12)13(17)18)14(19)15-6-5-10(7-15)8-20-2/h10-12H,3-9H2,1-2H3,(H,17,18). The zero-order valence-corrected chi connectivity index (χ0v) is 13.5. The Morgan fingerprint density at radius 2 is 2.19 bits per heavy atom. The highest BCUT2D eigenvalue weighted by Crippen LogP contribution is 2.34. The molecule has 0 aliphatic carbocycles. The Morgan fingerprint density at radius 1 is 1.43 bits per heavy atom. The molecule has 0 radical (unpaired) electrons. The van der Waals surface area contributed by atoms with E-state index in [4.69, 9.17) is 4.74 Å². The molecule has 3 atom stereocenters. The maximum absolute atomic E-state index is 12.7. The number of amides is 2. The summed E-state index contributed by atoms with van der Waals surface area (Å²) in [6.45, 7) is 4.07. The minimum Gasteiger partial charge on any atom is -0.480 e. The first-order valence-electron chi connectivity index (χ1n) is 7.49. The molecule has 3 unspecified atom stereocenters. The molecule has 21 heavy (non-hydrogen) atoms. The summed E-state index contributed by atoms with van der Waals surface area (Å²) in [7, 11) is 1.67. The number of ether oxygens (including phenoxy) is 1. The van der Waals surface area contributed by atoms with E-state index in [1.54, 1.807) is 28.7 Å². The second-order valence-electron chi connectivity index (χ2n) is 5.68. The van der Waals surface area contributed by atoms with Crippen LogP contribution >= 0.6 is 11.8 Å². The van der Waals surface area contributed by atoms with Crippen LogP contribution in [0, 0.1) is 5.92 Å². The molecule has 2 heterocycles. The molecular formula is C14H24N2O4S. The van der Waals surface area contributed by atoms with Crippen molar-refractivity contribution in [1.82, 2.24) is 9.80 Å². The van der Waals surface area contributed by atoms with Gasteiger partial charge in [0.15, 0.2) is 0 Å². The molecule has 6 nitrogen and oxygen atoms in total. The summed E-state index contributed by atoms with van der Waals surface area (Å²) in [5.74, 6) is -0.0506. The number of urea groups is 1. The van der Waals surface area contributed by atoms with E-state index in [1.807, 2.05) is 0 Å². The van der Waals surface area contributed by atoms with Crippen molar-refractivity contribution in [3.63, 3.8) is 0 Å². The topological polar surface area (TPSA) is 70.1 Å². The third-order valence-corrected chi connectivity index (χ3v) is 5.45. The zero-order valence-electron chi connectivity index (χ0n) is 12.7. The smallest absolute Gasteiger partial charge is 0.327 e. The van der Waals surface area contributed by atoms with E-state index in [1.165, 1.54) is 0 Å². The maximum Gasteiger partial charge on any atom is 0.327 e. The number of likely N-dealkylation sites (tertiary alicyclic amines) is 1. The number of nitrogens with zero attached hydrogens (tertiary/aromatic N) is 2. The van der Waals surface area contributed by atoms with E-state index in [2.05, 4.69) is 6.92 Å². The normalized spacial score (nSPS) is 29.1. The Morgan fingerprint density at radius 3 is 2.81 bits per heavy atom. The molecule has 2 saturated heterocycles. The molecule has 2 rings (SSSR count). The summed E-state index contributed by atoms with van der Waals surface area (Å²) in [5, 5.41) is 9.34. The lowest BCUT2D eigenvalue weighted by molar-refractivity contribution is -0.141. The number of methoxy groups -OCH3 is 1. The predicted molar refractivity (Wildman–Crippen MR) is 81.4 cm³/mol. The summed E-state index contributed by atoms with van der Waals surface area (Å²) < 4.78 is 5.15. The van der Waals surface area contributed by atoms with E-state index in [0.717, 1.165) is 19.3 Å². The van der Waals surface area contributed by atoms with Crippen molar-refractivity contribution in [3.8, 4) is 0 Å². The highest BCUT2D eigenvalue weighted by Gasteiger charge is 2.43. The Kier molecular flexibility index (Phi) is 5.75. The first kappa shape index (κ1) is 16.4. The van der Waals surface area contributed by atoms with Gasteiger partial charge in [0.25, 0.3) is 0 Å². The Hall–Kier alpha value is -0.950. The first-order valence-corrected chi connectivity index (χ1v) is 8.54. The molecule has 2 aliphatic rings. The molecule has 0 spiro atoms. The summed E-state index contributed by atoms with van der Waals surface area (Å²) in [4.78, 5) is 27.5.